The highest BCUT2D eigenvalue weighted by Crippen LogP contribution is 2.23. The summed E-state index contributed by atoms with van der Waals surface area (Å²) in [6, 6.07) is 14.3. The van der Waals surface area contributed by atoms with Gasteiger partial charge in [-0.05, 0) is 41.8 Å². The zero-order valence-corrected chi connectivity index (χ0v) is 17.1. The monoisotopic (exact) mass is 403 g/mol. The Morgan fingerprint density at radius 2 is 1.79 bits per heavy atom. The molecule has 0 aromatic heterocycles. The topological polar surface area (TPSA) is 35.6 Å². The summed E-state index contributed by atoms with van der Waals surface area (Å²) in [4.78, 5) is 16.8. The predicted octanol–water partition coefficient (Wildman–Crippen LogP) is 4.11. The first-order chi connectivity index (χ1) is 13.4. The average molecular weight is 404 g/mol. The van der Waals surface area contributed by atoms with E-state index < -0.39 is 0 Å². The van der Waals surface area contributed by atoms with Crippen molar-refractivity contribution in [1.29, 1.82) is 0 Å². The number of nitrogens with zero attached hydrogens (tertiary/aromatic N) is 2. The van der Waals surface area contributed by atoms with E-state index in [2.05, 4.69) is 24.1 Å². The maximum Gasteiger partial charge on any atom is 0.236 e. The Bertz CT molecular complexity index is 789. The van der Waals surface area contributed by atoms with Crippen LogP contribution in [0.25, 0.3) is 0 Å². The molecular formula is C22H27ClFN3O. The predicted molar refractivity (Wildman–Crippen MR) is 112 cm³/mol. The number of benzene rings is 2. The molecule has 0 spiro atoms. The molecule has 150 valence electrons. The Morgan fingerprint density at radius 3 is 2.39 bits per heavy atom. The van der Waals surface area contributed by atoms with Crippen LogP contribution in [0.3, 0.4) is 0 Å². The van der Waals surface area contributed by atoms with Gasteiger partial charge in [-0.25, -0.2) is 4.39 Å². The summed E-state index contributed by atoms with van der Waals surface area (Å²) in [5, 5.41) is 4.08. The molecule has 1 heterocycles. The molecule has 1 atom stereocenters. The van der Waals surface area contributed by atoms with Crippen LogP contribution in [-0.4, -0.2) is 43.5 Å². The maximum atomic E-state index is 13.2. The van der Waals surface area contributed by atoms with E-state index in [1.807, 2.05) is 29.2 Å². The number of carbonyl (C=O) groups excluding carboxylic acids is 1. The van der Waals surface area contributed by atoms with Crippen LogP contribution in [0, 0.1) is 11.7 Å². The molecule has 1 aliphatic rings. The van der Waals surface area contributed by atoms with Crippen molar-refractivity contribution >= 4 is 23.2 Å². The van der Waals surface area contributed by atoms with Gasteiger partial charge in [0.05, 0.1) is 6.54 Å². The summed E-state index contributed by atoms with van der Waals surface area (Å²) in [7, 11) is 0. The lowest BCUT2D eigenvalue weighted by molar-refractivity contribution is -0.130. The SMILES string of the molecule is CC(C)[C@H](NCC(=O)N1CCN(c2cccc(Cl)c2)CC1)c1ccc(F)cc1. The summed E-state index contributed by atoms with van der Waals surface area (Å²) < 4.78 is 13.2. The van der Waals surface area contributed by atoms with E-state index in [9.17, 15) is 9.18 Å². The summed E-state index contributed by atoms with van der Waals surface area (Å²) >= 11 is 6.08. The molecule has 0 bridgehead atoms. The molecule has 6 heteroatoms. The van der Waals surface area contributed by atoms with Crippen LogP contribution in [0.4, 0.5) is 10.1 Å². The van der Waals surface area contributed by atoms with Crippen LogP contribution in [-0.2, 0) is 4.79 Å². The van der Waals surface area contributed by atoms with E-state index in [0.29, 0.717) is 13.1 Å². The van der Waals surface area contributed by atoms with Crippen molar-refractivity contribution in [3.05, 3.63) is 64.9 Å². The van der Waals surface area contributed by atoms with Crippen molar-refractivity contribution in [1.82, 2.24) is 10.2 Å². The molecule has 1 fully saturated rings. The lowest BCUT2D eigenvalue weighted by Crippen LogP contribution is -2.51. The highest BCUT2D eigenvalue weighted by molar-refractivity contribution is 6.30. The van der Waals surface area contributed by atoms with Crippen molar-refractivity contribution in [2.24, 2.45) is 5.92 Å². The van der Waals surface area contributed by atoms with Gasteiger partial charge in [0, 0.05) is 42.9 Å². The molecule has 1 aliphatic heterocycles. The van der Waals surface area contributed by atoms with Gasteiger partial charge in [0.15, 0.2) is 0 Å². The van der Waals surface area contributed by atoms with Crippen molar-refractivity contribution in [3.63, 3.8) is 0 Å². The molecule has 1 saturated heterocycles. The number of rotatable bonds is 6. The van der Waals surface area contributed by atoms with E-state index in [0.717, 1.165) is 29.4 Å². The van der Waals surface area contributed by atoms with Gasteiger partial charge in [-0.15, -0.1) is 0 Å². The summed E-state index contributed by atoms with van der Waals surface area (Å²) in [6.07, 6.45) is 0. The Labute approximate surface area is 171 Å². The van der Waals surface area contributed by atoms with Crippen molar-refractivity contribution < 1.29 is 9.18 Å². The summed E-state index contributed by atoms with van der Waals surface area (Å²) in [5.41, 5.74) is 2.09. The second-order valence-electron chi connectivity index (χ2n) is 7.50. The van der Waals surface area contributed by atoms with Gasteiger partial charge >= 0.3 is 0 Å². The van der Waals surface area contributed by atoms with E-state index in [1.165, 1.54) is 12.1 Å². The Hall–Kier alpha value is -2.11. The molecule has 0 saturated carbocycles. The molecular weight excluding hydrogens is 377 g/mol. The molecule has 2 aromatic carbocycles. The highest BCUT2D eigenvalue weighted by Gasteiger charge is 2.23. The summed E-state index contributed by atoms with van der Waals surface area (Å²) in [6.45, 7) is 7.42. The quantitative estimate of drug-likeness (QED) is 0.788. The van der Waals surface area contributed by atoms with E-state index >= 15 is 0 Å². The molecule has 1 amide bonds. The van der Waals surface area contributed by atoms with Crippen LogP contribution in [0.5, 0.6) is 0 Å². The van der Waals surface area contributed by atoms with Crippen LogP contribution < -0.4 is 10.2 Å². The van der Waals surface area contributed by atoms with Crippen molar-refractivity contribution in [2.45, 2.75) is 19.9 Å². The number of nitrogens with one attached hydrogen (secondary N) is 1. The van der Waals surface area contributed by atoms with Gasteiger partial charge in [-0.1, -0.05) is 43.6 Å². The van der Waals surface area contributed by atoms with Gasteiger partial charge in [-0.2, -0.15) is 0 Å². The van der Waals surface area contributed by atoms with Gasteiger partial charge in [0.1, 0.15) is 5.82 Å². The van der Waals surface area contributed by atoms with E-state index in [-0.39, 0.29) is 30.2 Å². The van der Waals surface area contributed by atoms with Crippen LogP contribution in [0.2, 0.25) is 5.02 Å². The van der Waals surface area contributed by atoms with Crippen LogP contribution in [0.1, 0.15) is 25.5 Å². The largest absolute Gasteiger partial charge is 0.368 e. The number of amides is 1. The molecule has 0 radical (unpaired) electrons. The van der Waals surface area contributed by atoms with Gasteiger partial charge in [0.2, 0.25) is 5.91 Å². The third-order valence-electron chi connectivity index (χ3n) is 5.17. The highest BCUT2D eigenvalue weighted by atomic mass is 35.5. The van der Waals surface area contributed by atoms with Gasteiger partial charge in [0.25, 0.3) is 0 Å². The Morgan fingerprint density at radius 1 is 1.11 bits per heavy atom. The lowest BCUT2D eigenvalue weighted by Gasteiger charge is -2.36. The second kappa shape index (κ2) is 9.39. The number of piperazine rings is 1. The van der Waals surface area contributed by atoms with Gasteiger partial charge < -0.3 is 15.1 Å². The molecule has 28 heavy (non-hydrogen) atoms. The molecule has 1 N–H and O–H groups in total. The minimum atomic E-state index is -0.250. The van der Waals surface area contributed by atoms with Crippen molar-refractivity contribution in [3.8, 4) is 0 Å². The normalized spacial score (nSPS) is 15.8. The third kappa shape index (κ3) is 5.24. The second-order valence-corrected chi connectivity index (χ2v) is 7.94. The first kappa shape index (κ1) is 20.6. The molecule has 4 nitrogen and oxygen atoms in total. The van der Waals surface area contributed by atoms with Crippen LogP contribution in [0.15, 0.2) is 48.5 Å². The lowest BCUT2D eigenvalue weighted by atomic mass is 9.96. The number of halogens is 2. The fourth-order valence-corrected chi connectivity index (χ4v) is 3.79. The number of hydrogen-bond acceptors (Lipinski definition) is 3. The first-order valence-corrected chi connectivity index (χ1v) is 10.1. The zero-order valence-electron chi connectivity index (χ0n) is 16.4. The van der Waals surface area contributed by atoms with Gasteiger partial charge in [-0.3, -0.25) is 4.79 Å². The maximum absolute atomic E-state index is 13.2. The third-order valence-corrected chi connectivity index (χ3v) is 5.41. The minimum Gasteiger partial charge on any atom is -0.368 e. The first-order valence-electron chi connectivity index (χ1n) is 9.71. The number of anilines is 1. The molecule has 0 unspecified atom stereocenters. The number of hydrogen-bond donors (Lipinski definition) is 1. The average Bonchev–Trinajstić information content (AvgIpc) is 2.69. The Balaban J connectivity index is 1.53. The molecule has 2 aromatic rings. The molecule has 0 aliphatic carbocycles. The fourth-order valence-electron chi connectivity index (χ4n) is 3.60. The summed E-state index contributed by atoms with van der Waals surface area (Å²) in [5.74, 6) is 0.136. The van der Waals surface area contributed by atoms with Crippen LogP contribution >= 0.6 is 11.6 Å². The van der Waals surface area contributed by atoms with E-state index in [1.54, 1.807) is 12.1 Å². The van der Waals surface area contributed by atoms with Crippen molar-refractivity contribution in [2.75, 3.05) is 37.6 Å². The zero-order chi connectivity index (χ0) is 20.1. The smallest absolute Gasteiger partial charge is 0.236 e. The molecule has 3 rings (SSSR count). The minimum absolute atomic E-state index is 0.0114. The number of carbonyl (C=O) groups is 1. The standard InChI is InChI=1S/C22H27ClFN3O/c1-16(2)22(17-6-8-19(24)9-7-17)25-15-21(28)27-12-10-26(11-13-27)20-5-3-4-18(23)14-20/h3-9,14,16,22,25H,10-13,15H2,1-2H3/t22-/m0/s1. The Kier molecular flexibility index (Phi) is 6.92. The van der Waals surface area contributed by atoms with E-state index in [4.69, 9.17) is 11.6 Å². The fraction of sp³-hybridized carbons (Fsp3) is 0.409.